The summed E-state index contributed by atoms with van der Waals surface area (Å²) < 4.78 is 7.04. The maximum absolute atomic E-state index is 12.2. The summed E-state index contributed by atoms with van der Waals surface area (Å²) in [6.45, 7) is 4.03. The SMILES string of the molecule is Cc1cccnc1Cn1cnc(NCCOCCc2ccccc2)nc1=O. The van der Waals surface area contributed by atoms with Gasteiger partial charge in [0.15, 0.2) is 0 Å². The quantitative estimate of drug-likeness (QED) is 0.585. The van der Waals surface area contributed by atoms with Crippen molar-refractivity contribution in [3.05, 3.63) is 82.3 Å². The number of hydrogen-bond acceptors (Lipinski definition) is 6. The number of anilines is 1. The van der Waals surface area contributed by atoms with Crippen LogP contribution in [-0.4, -0.2) is 39.3 Å². The van der Waals surface area contributed by atoms with E-state index in [0.29, 0.717) is 32.3 Å². The molecule has 3 rings (SSSR count). The van der Waals surface area contributed by atoms with Crippen LogP contribution in [0.2, 0.25) is 0 Å². The van der Waals surface area contributed by atoms with Crippen molar-refractivity contribution in [2.45, 2.75) is 19.9 Å². The zero-order chi connectivity index (χ0) is 18.9. The van der Waals surface area contributed by atoms with Gasteiger partial charge in [-0.3, -0.25) is 9.55 Å². The van der Waals surface area contributed by atoms with Crippen LogP contribution >= 0.6 is 0 Å². The van der Waals surface area contributed by atoms with E-state index in [2.05, 4.69) is 32.4 Å². The number of nitrogens with one attached hydrogen (secondary N) is 1. The minimum atomic E-state index is -0.359. The molecule has 0 fully saturated rings. The highest BCUT2D eigenvalue weighted by Crippen LogP contribution is 2.04. The minimum absolute atomic E-state index is 0.306. The van der Waals surface area contributed by atoms with Crippen molar-refractivity contribution < 1.29 is 4.74 Å². The summed E-state index contributed by atoms with van der Waals surface area (Å²) in [5.74, 6) is 0.306. The molecule has 0 bridgehead atoms. The number of pyridine rings is 1. The second-order valence-electron chi connectivity index (χ2n) is 6.13. The van der Waals surface area contributed by atoms with E-state index >= 15 is 0 Å². The minimum Gasteiger partial charge on any atom is -0.379 e. The van der Waals surface area contributed by atoms with E-state index in [1.54, 1.807) is 6.20 Å². The summed E-state index contributed by atoms with van der Waals surface area (Å²) in [5, 5.41) is 3.01. The summed E-state index contributed by atoms with van der Waals surface area (Å²) in [6, 6.07) is 14.0. The highest BCUT2D eigenvalue weighted by Gasteiger charge is 2.05. The van der Waals surface area contributed by atoms with Gasteiger partial charge >= 0.3 is 5.69 Å². The van der Waals surface area contributed by atoms with Crippen LogP contribution in [0.1, 0.15) is 16.8 Å². The van der Waals surface area contributed by atoms with Gasteiger partial charge in [0.2, 0.25) is 5.95 Å². The summed E-state index contributed by atoms with van der Waals surface area (Å²) in [4.78, 5) is 24.6. The molecule has 1 N–H and O–H groups in total. The molecule has 0 atom stereocenters. The molecule has 140 valence electrons. The highest BCUT2D eigenvalue weighted by atomic mass is 16.5. The Bertz CT molecular complexity index is 912. The van der Waals surface area contributed by atoms with Gasteiger partial charge in [0.25, 0.3) is 0 Å². The number of nitrogens with zero attached hydrogens (tertiary/aromatic N) is 4. The molecule has 3 aromatic rings. The Balaban J connectivity index is 1.43. The van der Waals surface area contributed by atoms with Crippen LogP contribution in [0.5, 0.6) is 0 Å². The first kappa shape index (κ1) is 18.7. The van der Waals surface area contributed by atoms with Crippen LogP contribution in [0.25, 0.3) is 0 Å². The first-order chi connectivity index (χ1) is 13.2. The molecule has 0 aliphatic carbocycles. The average Bonchev–Trinajstić information content (AvgIpc) is 2.69. The summed E-state index contributed by atoms with van der Waals surface area (Å²) in [7, 11) is 0. The van der Waals surface area contributed by atoms with Crippen LogP contribution in [0.3, 0.4) is 0 Å². The zero-order valence-corrected chi connectivity index (χ0v) is 15.3. The van der Waals surface area contributed by atoms with Gasteiger partial charge in [0.1, 0.15) is 6.33 Å². The summed E-state index contributed by atoms with van der Waals surface area (Å²) in [5.41, 5.74) is 2.75. The average molecular weight is 365 g/mol. The maximum Gasteiger partial charge on any atom is 0.352 e. The molecule has 2 heterocycles. The third-order valence-electron chi connectivity index (χ3n) is 4.11. The van der Waals surface area contributed by atoms with Gasteiger partial charge in [-0.1, -0.05) is 36.4 Å². The van der Waals surface area contributed by atoms with Crippen molar-refractivity contribution >= 4 is 5.95 Å². The zero-order valence-electron chi connectivity index (χ0n) is 15.3. The van der Waals surface area contributed by atoms with Crippen LogP contribution in [0.4, 0.5) is 5.95 Å². The molecule has 2 aromatic heterocycles. The molecule has 0 saturated heterocycles. The number of ether oxygens (including phenoxy) is 1. The fourth-order valence-corrected chi connectivity index (χ4v) is 2.57. The standard InChI is InChI=1S/C20H23N5O2/c1-16-6-5-10-21-18(16)14-25-15-23-19(24-20(25)26)22-11-13-27-12-9-17-7-3-2-4-8-17/h2-8,10,15H,9,11-14H2,1H3,(H,22,24,26). The highest BCUT2D eigenvalue weighted by molar-refractivity contribution is 5.21. The topological polar surface area (TPSA) is 81.9 Å². The molecule has 1 aromatic carbocycles. The van der Waals surface area contributed by atoms with Crippen LogP contribution in [0.15, 0.2) is 59.8 Å². The van der Waals surface area contributed by atoms with Crippen molar-refractivity contribution in [3.63, 3.8) is 0 Å². The van der Waals surface area contributed by atoms with Crippen molar-refractivity contribution in [1.82, 2.24) is 19.5 Å². The van der Waals surface area contributed by atoms with Gasteiger partial charge in [0, 0.05) is 12.7 Å². The molecule has 27 heavy (non-hydrogen) atoms. The Kier molecular flexibility index (Phi) is 6.65. The molecule has 7 nitrogen and oxygen atoms in total. The van der Waals surface area contributed by atoms with E-state index in [9.17, 15) is 4.79 Å². The fraction of sp³-hybridized carbons (Fsp3) is 0.300. The molecule has 0 radical (unpaired) electrons. The number of rotatable bonds is 9. The number of benzene rings is 1. The molecule has 0 aliphatic heterocycles. The largest absolute Gasteiger partial charge is 0.379 e. The Morgan fingerprint density at radius 2 is 1.93 bits per heavy atom. The number of hydrogen-bond donors (Lipinski definition) is 1. The first-order valence-electron chi connectivity index (χ1n) is 8.92. The monoisotopic (exact) mass is 365 g/mol. The summed E-state index contributed by atoms with van der Waals surface area (Å²) >= 11 is 0. The van der Waals surface area contributed by atoms with E-state index in [-0.39, 0.29) is 5.69 Å². The number of aromatic nitrogens is 4. The molecule has 0 amide bonds. The lowest BCUT2D eigenvalue weighted by Crippen LogP contribution is -2.26. The predicted octanol–water partition coefficient (Wildman–Crippen LogP) is 2.06. The van der Waals surface area contributed by atoms with Gasteiger partial charge < -0.3 is 10.1 Å². The molecular formula is C20H23N5O2. The van der Waals surface area contributed by atoms with Crippen molar-refractivity contribution in [3.8, 4) is 0 Å². The third-order valence-corrected chi connectivity index (χ3v) is 4.11. The van der Waals surface area contributed by atoms with Crippen molar-refractivity contribution in [1.29, 1.82) is 0 Å². The molecule has 0 spiro atoms. The van der Waals surface area contributed by atoms with Crippen LogP contribution in [-0.2, 0) is 17.7 Å². The Morgan fingerprint density at radius 3 is 2.70 bits per heavy atom. The van der Waals surface area contributed by atoms with Crippen molar-refractivity contribution in [2.75, 3.05) is 25.1 Å². The lowest BCUT2D eigenvalue weighted by atomic mass is 10.2. The van der Waals surface area contributed by atoms with Crippen molar-refractivity contribution in [2.24, 2.45) is 0 Å². The Morgan fingerprint density at radius 1 is 1.07 bits per heavy atom. The predicted molar refractivity (Wildman–Crippen MR) is 104 cm³/mol. The molecule has 7 heteroatoms. The fourth-order valence-electron chi connectivity index (χ4n) is 2.57. The molecule has 0 aliphatic rings. The second-order valence-corrected chi connectivity index (χ2v) is 6.13. The third kappa shape index (κ3) is 5.72. The van der Waals surface area contributed by atoms with E-state index in [4.69, 9.17) is 4.74 Å². The normalized spacial score (nSPS) is 10.7. The Labute approximate surface area is 158 Å². The van der Waals surface area contributed by atoms with Crippen LogP contribution in [0, 0.1) is 6.92 Å². The van der Waals surface area contributed by atoms with E-state index in [1.165, 1.54) is 16.5 Å². The van der Waals surface area contributed by atoms with E-state index in [0.717, 1.165) is 17.7 Å². The van der Waals surface area contributed by atoms with Gasteiger partial charge in [-0.2, -0.15) is 4.98 Å². The molecule has 0 unspecified atom stereocenters. The second kappa shape index (κ2) is 9.59. The van der Waals surface area contributed by atoms with Crippen LogP contribution < -0.4 is 11.0 Å². The van der Waals surface area contributed by atoms with Gasteiger partial charge in [-0.15, -0.1) is 0 Å². The first-order valence-corrected chi connectivity index (χ1v) is 8.92. The lowest BCUT2D eigenvalue weighted by Gasteiger charge is -2.09. The van der Waals surface area contributed by atoms with Gasteiger partial charge in [0.05, 0.1) is 25.5 Å². The Hall–Kier alpha value is -3.06. The lowest BCUT2D eigenvalue weighted by molar-refractivity contribution is 0.147. The summed E-state index contributed by atoms with van der Waals surface area (Å²) in [6.07, 6.45) is 4.07. The van der Waals surface area contributed by atoms with Gasteiger partial charge in [-0.25, -0.2) is 9.78 Å². The molecule has 0 saturated carbocycles. The number of aryl methyl sites for hydroxylation is 1. The van der Waals surface area contributed by atoms with E-state index < -0.39 is 0 Å². The maximum atomic E-state index is 12.2. The van der Waals surface area contributed by atoms with Gasteiger partial charge in [-0.05, 0) is 30.5 Å². The molecular weight excluding hydrogens is 342 g/mol. The van der Waals surface area contributed by atoms with E-state index in [1.807, 2.05) is 37.3 Å². The smallest absolute Gasteiger partial charge is 0.352 e.